The van der Waals surface area contributed by atoms with E-state index in [1.807, 2.05) is 48.5 Å². The largest absolute Gasteiger partial charge is 0.717 e. The molecule has 3 aromatic rings. The Morgan fingerprint density at radius 2 is 1.60 bits per heavy atom. The fourth-order valence-electron chi connectivity index (χ4n) is 2.98. The Balaban J connectivity index is 2.34. The lowest BCUT2D eigenvalue weighted by atomic mass is 9.95. The van der Waals surface area contributed by atoms with E-state index in [1.54, 1.807) is 10.6 Å². The summed E-state index contributed by atoms with van der Waals surface area (Å²) in [6.07, 6.45) is 1.03. The second-order valence-corrected chi connectivity index (χ2v) is 6.20. The molecule has 0 aliphatic carbocycles. The monoisotopic (exact) mass is 337 g/mol. The summed E-state index contributed by atoms with van der Waals surface area (Å²) in [6.45, 7) is 4.89. The van der Waals surface area contributed by atoms with E-state index >= 15 is 0 Å². The normalized spacial score (nSPS) is 13.2. The molecular formula is C20H21N2O3. The van der Waals surface area contributed by atoms with E-state index in [0.717, 1.165) is 33.7 Å². The third-order valence-corrected chi connectivity index (χ3v) is 4.55. The number of fused-ring (bicyclic) bond motifs is 2. The van der Waals surface area contributed by atoms with Crippen LogP contribution in [0.1, 0.15) is 25.8 Å². The Bertz CT molecular complexity index is 864. The Kier molecular flexibility index (Phi) is 5.05. The molecule has 129 valence electrons. The van der Waals surface area contributed by atoms with Crippen LogP contribution in [0, 0.1) is 11.1 Å². The minimum Gasteiger partial charge on any atom is -0.717 e. The smallest absolute Gasteiger partial charge is 0.312 e. The number of nitrogens with one attached hydrogen (secondary N) is 2. The van der Waals surface area contributed by atoms with E-state index in [-0.39, 0.29) is 5.84 Å². The molecule has 3 rings (SSSR count). The van der Waals surface area contributed by atoms with Gasteiger partial charge in [0.05, 0.1) is 12.2 Å². The van der Waals surface area contributed by atoms with Gasteiger partial charge >= 0.3 is 5.84 Å². The van der Waals surface area contributed by atoms with Gasteiger partial charge in [-0.3, -0.25) is 5.16 Å². The van der Waals surface area contributed by atoms with Crippen molar-refractivity contribution in [3.8, 4) is 5.75 Å². The predicted octanol–water partition coefficient (Wildman–Crippen LogP) is 2.68. The third-order valence-electron chi connectivity index (χ3n) is 4.55. The van der Waals surface area contributed by atoms with E-state index in [1.165, 1.54) is 0 Å². The molecule has 0 spiro atoms. The molecule has 0 bridgehead atoms. The molecule has 1 radical (unpaired) electrons. The van der Waals surface area contributed by atoms with Gasteiger partial charge in [0.1, 0.15) is 5.75 Å². The van der Waals surface area contributed by atoms with Crippen LogP contribution in [0.15, 0.2) is 48.5 Å². The number of hydrogen-bond donors (Lipinski definition) is 2. The van der Waals surface area contributed by atoms with Gasteiger partial charge in [0.25, 0.3) is 0 Å². The molecule has 0 heterocycles. The molecule has 25 heavy (non-hydrogen) atoms. The zero-order chi connectivity index (χ0) is 17.8. The predicted molar refractivity (Wildman–Crippen MR) is 98.7 cm³/mol. The highest BCUT2D eigenvalue weighted by Gasteiger charge is 2.21. The molecule has 5 heteroatoms. The summed E-state index contributed by atoms with van der Waals surface area (Å²) in [7, 11) is 0. The summed E-state index contributed by atoms with van der Waals surface area (Å²) < 4.78 is 6.18. The minimum absolute atomic E-state index is 0.0964. The highest BCUT2D eigenvalue weighted by atomic mass is 16.5. The molecule has 1 unspecified atom stereocenters. The number of benzene rings is 3. The van der Waals surface area contributed by atoms with Crippen LogP contribution < -0.4 is 15.4 Å². The van der Waals surface area contributed by atoms with Gasteiger partial charge in [0.2, 0.25) is 0 Å². The molecule has 2 N–H and O–H groups in total. The van der Waals surface area contributed by atoms with Crippen LogP contribution in [-0.2, 0) is 5.21 Å². The van der Waals surface area contributed by atoms with E-state index in [4.69, 9.17) is 4.74 Å². The lowest BCUT2D eigenvalue weighted by Crippen LogP contribution is -2.69. The molecule has 0 aliphatic rings. The summed E-state index contributed by atoms with van der Waals surface area (Å²) in [6, 6.07) is 15.3. The molecule has 0 saturated carbocycles. The SMILES string of the molecule is CCC(C)COc1c2ccccc2c(C(N[O])=[NH+][O-])c2ccccc12. The van der Waals surface area contributed by atoms with Crippen molar-refractivity contribution in [3.05, 3.63) is 59.3 Å². The Morgan fingerprint density at radius 3 is 2.04 bits per heavy atom. The van der Waals surface area contributed by atoms with Gasteiger partial charge < -0.3 is 9.94 Å². The molecule has 0 aliphatic heterocycles. The zero-order valence-electron chi connectivity index (χ0n) is 14.3. The van der Waals surface area contributed by atoms with Crippen molar-refractivity contribution in [2.24, 2.45) is 5.92 Å². The van der Waals surface area contributed by atoms with Gasteiger partial charge in [-0.05, 0) is 5.92 Å². The number of rotatable bonds is 5. The topological polar surface area (TPSA) is 78.2 Å². The standard InChI is InChI=1S/C20H21N2O3/c1-3-13(2)12-25-19-16-10-6-4-8-14(16)18(20(21-23)22-24)15-9-5-7-11-17(15)19/h4-11,13,21-22H,3,12H2,1-2H3. The minimum atomic E-state index is -0.0964. The van der Waals surface area contributed by atoms with Crippen molar-refractivity contribution in [2.45, 2.75) is 20.3 Å². The van der Waals surface area contributed by atoms with Crippen LogP contribution in [0.5, 0.6) is 5.75 Å². The van der Waals surface area contributed by atoms with Gasteiger partial charge in [-0.15, -0.1) is 0 Å². The van der Waals surface area contributed by atoms with Crippen LogP contribution in [0.4, 0.5) is 0 Å². The molecule has 0 fully saturated rings. The van der Waals surface area contributed by atoms with Crippen molar-refractivity contribution in [2.75, 3.05) is 6.61 Å². The van der Waals surface area contributed by atoms with Crippen molar-refractivity contribution < 1.29 is 15.1 Å². The highest BCUT2D eigenvalue weighted by molar-refractivity contribution is 6.20. The number of ether oxygens (including phenoxy) is 1. The quantitative estimate of drug-likeness (QED) is 0.247. The zero-order valence-corrected chi connectivity index (χ0v) is 14.3. The summed E-state index contributed by atoms with van der Waals surface area (Å²) in [5, 5.41) is 27.7. The molecule has 0 saturated heterocycles. The molecule has 0 aromatic heterocycles. The summed E-state index contributed by atoms with van der Waals surface area (Å²) >= 11 is 0. The fraction of sp³-hybridized carbons (Fsp3) is 0.250. The Labute approximate surface area is 146 Å². The summed E-state index contributed by atoms with van der Waals surface area (Å²) in [5.41, 5.74) is 2.30. The van der Waals surface area contributed by atoms with E-state index < -0.39 is 0 Å². The lowest BCUT2D eigenvalue weighted by molar-refractivity contribution is -0.378. The second-order valence-electron chi connectivity index (χ2n) is 6.20. The molecule has 1 atom stereocenters. The Morgan fingerprint density at radius 1 is 1.08 bits per heavy atom. The fourth-order valence-corrected chi connectivity index (χ4v) is 2.98. The van der Waals surface area contributed by atoms with E-state index in [0.29, 0.717) is 18.1 Å². The van der Waals surface area contributed by atoms with Crippen molar-refractivity contribution in [1.82, 2.24) is 5.48 Å². The van der Waals surface area contributed by atoms with Crippen LogP contribution in [0.2, 0.25) is 0 Å². The maximum absolute atomic E-state index is 11.3. The van der Waals surface area contributed by atoms with Gasteiger partial charge in [0, 0.05) is 26.8 Å². The lowest BCUT2D eigenvalue weighted by Gasteiger charge is -2.18. The summed E-state index contributed by atoms with van der Waals surface area (Å²) in [4.78, 5) is 0. The number of hydrogen-bond acceptors (Lipinski definition) is 2. The van der Waals surface area contributed by atoms with Crippen LogP contribution in [0.25, 0.3) is 21.5 Å². The van der Waals surface area contributed by atoms with Gasteiger partial charge in [0.15, 0.2) is 0 Å². The van der Waals surface area contributed by atoms with Gasteiger partial charge in [-0.2, -0.15) is 0 Å². The first-order chi connectivity index (χ1) is 12.2. The molecule has 5 nitrogen and oxygen atoms in total. The first kappa shape index (κ1) is 17.0. The third kappa shape index (κ3) is 3.10. The van der Waals surface area contributed by atoms with Crippen molar-refractivity contribution in [3.63, 3.8) is 0 Å². The van der Waals surface area contributed by atoms with Crippen molar-refractivity contribution in [1.29, 1.82) is 0 Å². The first-order valence-electron chi connectivity index (χ1n) is 8.41. The molecule has 0 amide bonds. The number of hydroxylamine groups is 1. The first-order valence-corrected chi connectivity index (χ1v) is 8.41. The second kappa shape index (κ2) is 7.40. The average Bonchev–Trinajstić information content (AvgIpc) is 2.67. The maximum atomic E-state index is 11.3. The van der Waals surface area contributed by atoms with Crippen LogP contribution >= 0.6 is 0 Å². The molecule has 3 aromatic carbocycles. The highest BCUT2D eigenvalue weighted by Crippen LogP contribution is 2.38. The van der Waals surface area contributed by atoms with Crippen molar-refractivity contribution >= 4 is 27.4 Å². The average molecular weight is 337 g/mol. The Hall–Kier alpha value is -2.79. The maximum Gasteiger partial charge on any atom is 0.312 e. The van der Waals surface area contributed by atoms with E-state index in [2.05, 4.69) is 13.8 Å². The van der Waals surface area contributed by atoms with Crippen LogP contribution in [-0.4, -0.2) is 12.4 Å². The van der Waals surface area contributed by atoms with Gasteiger partial charge in [-0.1, -0.05) is 74.3 Å². The summed E-state index contributed by atoms with van der Waals surface area (Å²) in [5.74, 6) is 1.12. The van der Waals surface area contributed by atoms with Crippen LogP contribution in [0.3, 0.4) is 0 Å². The number of amidine groups is 1. The van der Waals surface area contributed by atoms with E-state index in [9.17, 15) is 10.4 Å². The van der Waals surface area contributed by atoms with Gasteiger partial charge in [-0.25, -0.2) is 0 Å². The molecular weight excluding hydrogens is 316 g/mol.